The Morgan fingerprint density at radius 1 is 1.11 bits per heavy atom. The highest BCUT2D eigenvalue weighted by Gasteiger charge is 2.40. The molecule has 4 heteroatoms. The number of hydrogen-bond donors (Lipinski definition) is 1. The molecule has 0 fully saturated rings. The number of benzene rings is 1. The van der Waals surface area contributed by atoms with Crippen molar-refractivity contribution < 1.29 is 19.4 Å². The zero-order chi connectivity index (χ0) is 27.6. The van der Waals surface area contributed by atoms with Crippen LogP contribution in [0.15, 0.2) is 89.1 Å². The monoisotopic (exact) mass is 504 g/mol. The van der Waals surface area contributed by atoms with Crippen LogP contribution in [0.3, 0.4) is 0 Å². The molecule has 0 aliphatic heterocycles. The van der Waals surface area contributed by atoms with Crippen LogP contribution in [0.5, 0.6) is 0 Å². The summed E-state index contributed by atoms with van der Waals surface area (Å²) in [5, 5.41) is 11.2. The number of hydrogen-bond acceptors (Lipinski definition) is 4. The Hall–Kier alpha value is -2.98. The van der Waals surface area contributed by atoms with Crippen molar-refractivity contribution in [1.29, 1.82) is 0 Å². The molecule has 0 spiro atoms. The molecule has 0 heterocycles. The van der Waals surface area contributed by atoms with Gasteiger partial charge in [0, 0.05) is 6.08 Å². The molecule has 1 atom stereocenters. The van der Waals surface area contributed by atoms with Crippen molar-refractivity contribution in [3.05, 3.63) is 94.6 Å². The Morgan fingerprint density at radius 2 is 1.78 bits per heavy atom. The van der Waals surface area contributed by atoms with E-state index in [-0.39, 0.29) is 17.8 Å². The van der Waals surface area contributed by atoms with Gasteiger partial charge in [-0.15, -0.1) is 0 Å². The first-order valence-electron chi connectivity index (χ1n) is 13.3. The summed E-state index contributed by atoms with van der Waals surface area (Å²) in [7, 11) is 0. The van der Waals surface area contributed by atoms with E-state index in [1.165, 1.54) is 30.1 Å². The molecule has 1 aliphatic rings. The molecule has 0 radical (unpaired) electrons. The largest absolute Gasteiger partial charge is 0.387 e. The van der Waals surface area contributed by atoms with Crippen LogP contribution in [0.2, 0.25) is 0 Å². The average molecular weight is 505 g/mol. The summed E-state index contributed by atoms with van der Waals surface area (Å²) in [6.45, 7) is 14.7. The SMILES string of the molecule is CC(C=CC1=C(C)CCCC1(C)C)=CC=CC(C)=CC(=O)OC(=O)C(O)(CCC(C)C)c1ccccc1. The number of rotatable bonds is 10. The number of esters is 2. The summed E-state index contributed by atoms with van der Waals surface area (Å²) in [6.07, 6.45) is 15.7. The normalized spacial score (nSPS) is 18.5. The third kappa shape index (κ3) is 9.12. The van der Waals surface area contributed by atoms with Crippen LogP contribution in [-0.4, -0.2) is 17.0 Å². The molecule has 0 saturated heterocycles. The zero-order valence-electron chi connectivity index (χ0n) is 23.6. The van der Waals surface area contributed by atoms with Gasteiger partial charge < -0.3 is 9.84 Å². The van der Waals surface area contributed by atoms with Crippen LogP contribution in [-0.2, 0) is 19.9 Å². The lowest BCUT2D eigenvalue weighted by atomic mass is 9.72. The maximum Gasteiger partial charge on any atom is 0.350 e. The van der Waals surface area contributed by atoms with Crippen LogP contribution in [0.25, 0.3) is 0 Å². The van der Waals surface area contributed by atoms with Crippen LogP contribution in [0.4, 0.5) is 0 Å². The minimum atomic E-state index is -1.87. The Labute approximate surface area is 223 Å². The molecule has 1 aromatic carbocycles. The molecule has 1 aliphatic carbocycles. The second kappa shape index (κ2) is 13.5. The molecule has 0 amide bonds. The molecule has 200 valence electrons. The topological polar surface area (TPSA) is 63.6 Å². The van der Waals surface area contributed by atoms with Gasteiger partial charge in [0.05, 0.1) is 0 Å². The Balaban J connectivity index is 2.05. The maximum atomic E-state index is 12.9. The van der Waals surface area contributed by atoms with E-state index in [9.17, 15) is 14.7 Å². The number of allylic oxidation sites excluding steroid dienone is 9. The zero-order valence-corrected chi connectivity index (χ0v) is 23.6. The first-order chi connectivity index (χ1) is 17.3. The summed E-state index contributed by atoms with van der Waals surface area (Å²) in [6, 6.07) is 8.65. The highest BCUT2D eigenvalue weighted by Crippen LogP contribution is 2.40. The van der Waals surface area contributed by atoms with E-state index in [0.29, 0.717) is 17.6 Å². The summed E-state index contributed by atoms with van der Waals surface area (Å²) >= 11 is 0. The average Bonchev–Trinajstić information content (AvgIpc) is 2.82. The van der Waals surface area contributed by atoms with Gasteiger partial charge in [0.25, 0.3) is 0 Å². The van der Waals surface area contributed by atoms with Gasteiger partial charge in [-0.05, 0) is 80.9 Å². The molecule has 4 nitrogen and oxygen atoms in total. The quantitative estimate of drug-likeness (QED) is 0.152. The number of carbonyl (C=O) groups excluding carboxylic acids is 2. The predicted molar refractivity (Wildman–Crippen MR) is 152 cm³/mol. The van der Waals surface area contributed by atoms with Gasteiger partial charge in [-0.3, -0.25) is 0 Å². The molecular weight excluding hydrogens is 460 g/mol. The third-order valence-electron chi connectivity index (χ3n) is 6.98. The molecule has 0 aromatic heterocycles. The van der Waals surface area contributed by atoms with Crippen molar-refractivity contribution in [2.75, 3.05) is 0 Å². The van der Waals surface area contributed by atoms with Gasteiger partial charge in [0.2, 0.25) is 0 Å². The standard InChI is InChI=1S/C33H44O4/c1-24(2)20-22-33(36,28-16-9-8-10-17-28)31(35)37-30(34)23-26(4)14-11-13-25(3)18-19-29-27(5)15-12-21-32(29,6)7/h8-11,13-14,16-19,23-24,36H,12,15,20-22H2,1-7H3. The van der Waals surface area contributed by atoms with E-state index in [0.717, 1.165) is 12.0 Å². The first kappa shape index (κ1) is 30.2. The third-order valence-corrected chi connectivity index (χ3v) is 6.98. The van der Waals surface area contributed by atoms with Gasteiger partial charge in [-0.25, -0.2) is 9.59 Å². The van der Waals surface area contributed by atoms with Crippen molar-refractivity contribution in [2.45, 2.75) is 86.2 Å². The lowest BCUT2D eigenvalue weighted by molar-refractivity contribution is -0.173. The van der Waals surface area contributed by atoms with Crippen molar-refractivity contribution in [2.24, 2.45) is 11.3 Å². The second-order valence-electron chi connectivity index (χ2n) is 11.3. The fraction of sp³-hybridized carbons (Fsp3) is 0.455. The lowest BCUT2D eigenvalue weighted by Crippen LogP contribution is -2.38. The van der Waals surface area contributed by atoms with Crippen LogP contribution < -0.4 is 0 Å². The molecule has 1 aromatic rings. The fourth-order valence-electron chi connectivity index (χ4n) is 4.65. The van der Waals surface area contributed by atoms with Crippen LogP contribution in [0.1, 0.15) is 86.1 Å². The van der Waals surface area contributed by atoms with Crippen LogP contribution in [0, 0.1) is 11.3 Å². The summed E-state index contributed by atoms with van der Waals surface area (Å²) in [4.78, 5) is 25.3. The summed E-state index contributed by atoms with van der Waals surface area (Å²) in [5.41, 5.74) is 3.38. The predicted octanol–water partition coefficient (Wildman–Crippen LogP) is 7.91. The Bertz CT molecular complexity index is 1100. The van der Waals surface area contributed by atoms with Crippen molar-refractivity contribution in [1.82, 2.24) is 0 Å². The minimum Gasteiger partial charge on any atom is -0.387 e. The first-order valence-corrected chi connectivity index (χ1v) is 13.3. The minimum absolute atomic E-state index is 0.175. The second-order valence-corrected chi connectivity index (χ2v) is 11.3. The van der Waals surface area contributed by atoms with Crippen molar-refractivity contribution >= 4 is 11.9 Å². The highest BCUT2D eigenvalue weighted by molar-refractivity contribution is 5.96. The van der Waals surface area contributed by atoms with E-state index < -0.39 is 17.5 Å². The summed E-state index contributed by atoms with van der Waals surface area (Å²) < 4.78 is 5.07. The molecular formula is C33H44O4. The molecule has 0 bridgehead atoms. The summed E-state index contributed by atoms with van der Waals surface area (Å²) in [5.74, 6) is -1.46. The van der Waals surface area contributed by atoms with E-state index >= 15 is 0 Å². The van der Waals surface area contributed by atoms with Crippen LogP contribution >= 0.6 is 0 Å². The van der Waals surface area contributed by atoms with Gasteiger partial charge in [0.15, 0.2) is 5.60 Å². The number of carbonyl (C=O) groups is 2. The molecule has 1 unspecified atom stereocenters. The van der Waals surface area contributed by atoms with Gasteiger partial charge >= 0.3 is 11.9 Å². The van der Waals surface area contributed by atoms with E-state index in [4.69, 9.17) is 4.74 Å². The molecule has 1 N–H and O–H groups in total. The molecule has 2 rings (SSSR count). The molecule has 37 heavy (non-hydrogen) atoms. The number of ether oxygens (including phenoxy) is 1. The Morgan fingerprint density at radius 3 is 2.41 bits per heavy atom. The van der Waals surface area contributed by atoms with E-state index in [2.05, 4.69) is 32.9 Å². The smallest absolute Gasteiger partial charge is 0.350 e. The van der Waals surface area contributed by atoms with E-state index in [1.54, 1.807) is 37.3 Å². The van der Waals surface area contributed by atoms with Crippen molar-refractivity contribution in [3.8, 4) is 0 Å². The molecule has 0 saturated carbocycles. The fourth-order valence-corrected chi connectivity index (χ4v) is 4.65. The van der Waals surface area contributed by atoms with Crippen molar-refractivity contribution in [3.63, 3.8) is 0 Å². The van der Waals surface area contributed by atoms with Gasteiger partial charge in [0.1, 0.15) is 0 Å². The highest BCUT2D eigenvalue weighted by atomic mass is 16.6. The number of aliphatic hydroxyl groups is 1. The Kier molecular flexibility index (Phi) is 11.1. The maximum absolute atomic E-state index is 12.9. The van der Waals surface area contributed by atoms with Gasteiger partial charge in [-0.2, -0.15) is 0 Å². The van der Waals surface area contributed by atoms with E-state index in [1.807, 2.05) is 39.0 Å². The van der Waals surface area contributed by atoms with Gasteiger partial charge in [-0.1, -0.05) is 99.6 Å². The lowest BCUT2D eigenvalue weighted by Gasteiger charge is -2.32.